The highest BCUT2D eigenvalue weighted by Crippen LogP contribution is 2.31. The van der Waals surface area contributed by atoms with Gasteiger partial charge < -0.3 is 5.73 Å². The Kier molecular flexibility index (Phi) is 6.18. The van der Waals surface area contributed by atoms with Crippen molar-refractivity contribution in [1.82, 2.24) is 5.06 Å². The number of hydroxylamine groups is 2. The van der Waals surface area contributed by atoms with E-state index in [9.17, 15) is 0 Å². The van der Waals surface area contributed by atoms with Gasteiger partial charge >= 0.3 is 0 Å². The maximum atomic E-state index is 6.15. The van der Waals surface area contributed by atoms with Crippen LogP contribution >= 0.6 is 11.8 Å². The number of rotatable bonds is 6. The van der Waals surface area contributed by atoms with Crippen molar-refractivity contribution in [2.45, 2.75) is 49.0 Å². The van der Waals surface area contributed by atoms with E-state index in [2.05, 4.69) is 53.6 Å². The highest BCUT2D eigenvalue weighted by Gasteiger charge is 2.21. The van der Waals surface area contributed by atoms with Gasteiger partial charge in [0.1, 0.15) is 0 Å². The van der Waals surface area contributed by atoms with Gasteiger partial charge in [-0.15, -0.1) is 11.8 Å². The van der Waals surface area contributed by atoms with Crippen molar-refractivity contribution in [1.29, 1.82) is 0 Å². The van der Waals surface area contributed by atoms with E-state index in [1.54, 1.807) is 0 Å². The molecule has 4 heteroatoms. The average Bonchev–Trinajstić information content (AvgIpc) is 2.62. The molecule has 1 aliphatic rings. The summed E-state index contributed by atoms with van der Waals surface area (Å²) >= 11 is 1.98. The van der Waals surface area contributed by atoms with Crippen LogP contribution in [-0.2, 0) is 17.0 Å². The number of hydrogen-bond donors (Lipinski definition) is 1. The number of nitrogens with two attached hydrogens (primary N) is 1. The van der Waals surface area contributed by atoms with E-state index in [0.29, 0.717) is 11.9 Å². The maximum Gasteiger partial charge on any atom is 0.0935 e. The van der Waals surface area contributed by atoms with Crippen LogP contribution in [0, 0.1) is 0 Å². The topological polar surface area (TPSA) is 38.5 Å². The lowest BCUT2D eigenvalue weighted by molar-refractivity contribution is -0.177. The quantitative estimate of drug-likeness (QED) is 0.823. The molecule has 0 bridgehead atoms. The fourth-order valence-corrected chi connectivity index (χ4v) is 4.10. The summed E-state index contributed by atoms with van der Waals surface area (Å²) in [6, 6.07) is 19.1. The van der Waals surface area contributed by atoms with E-state index < -0.39 is 0 Å². The molecule has 3 rings (SSSR count). The molecule has 0 radical (unpaired) electrons. The third-order valence-electron chi connectivity index (χ3n) is 4.56. The Labute approximate surface area is 155 Å². The first-order chi connectivity index (χ1) is 12.0. The summed E-state index contributed by atoms with van der Waals surface area (Å²) in [5, 5.41) is 2.78. The predicted octanol–water partition coefficient (Wildman–Crippen LogP) is 4.57. The van der Waals surface area contributed by atoms with Gasteiger partial charge in [-0.25, -0.2) is 0 Å². The van der Waals surface area contributed by atoms with Crippen LogP contribution in [0.4, 0.5) is 0 Å². The molecule has 134 valence electrons. The van der Waals surface area contributed by atoms with Crippen LogP contribution in [0.5, 0.6) is 0 Å². The van der Waals surface area contributed by atoms with Crippen molar-refractivity contribution in [3.05, 3.63) is 65.7 Å². The molecule has 2 aromatic rings. The van der Waals surface area contributed by atoms with E-state index >= 15 is 0 Å². The van der Waals surface area contributed by atoms with E-state index in [1.807, 2.05) is 31.7 Å². The minimum absolute atomic E-state index is 0.273. The maximum absolute atomic E-state index is 6.15. The molecule has 0 unspecified atom stereocenters. The van der Waals surface area contributed by atoms with Crippen LogP contribution in [0.3, 0.4) is 0 Å². The molecule has 0 aliphatic carbocycles. The largest absolute Gasteiger partial charge is 0.322 e. The zero-order valence-electron chi connectivity index (χ0n) is 15.2. The number of benzene rings is 2. The zero-order chi connectivity index (χ0) is 17.7. The highest BCUT2D eigenvalue weighted by atomic mass is 32.2. The number of piperidine rings is 1. The lowest BCUT2D eigenvalue weighted by atomic mass is 9.96. The SMILES string of the molecule is CC(C)(N)c1ccc(SC2CCN(OCc3ccccc3)CC2)cc1. The Hall–Kier alpha value is -1.33. The van der Waals surface area contributed by atoms with E-state index in [1.165, 1.54) is 16.0 Å². The van der Waals surface area contributed by atoms with Crippen LogP contribution in [-0.4, -0.2) is 23.4 Å². The lowest BCUT2D eigenvalue weighted by Gasteiger charge is -2.30. The van der Waals surface area contributed by atoms with Gasteiger partial charge in [0.2, 0.25) is 0 Å². The Bertz CT molecular complexity index is 644. The van der Waals surface area contributed by atoms with Crippen LogP contribution in [0.25, 0.3) is 0 Å². The Morgan fingerprint density at radius 2 is 1.68 bits per heavy atom. The zero-order valence-corrected chi connectivity index (χ0v) is 16.0. The number of thioether (sulfide) groups is 1. The summed E-state index contributed by atoms with van der Waals surface area (Å²) in [5.74, 6) is 0. The summed E-state index contributed by atoms with van der Waals surface area (Å²) in [6.45, 7) is 6.74. The minimum Gasteiger partial charge on any atom is -0.322 e. The van der Waals surface area contributed by atoms with Crippen molar-refractivity contribution in [3.8, 4) is 0 Å². The molecule has 0 spiro atoms. The van der Waals surface area contributed by atoms with Crippen LogP contribution in [0.15, 0.2) is 59.5 Å². The van der Waals surface area contributed by atoms with Gasteiger partial charge in [-0.05, 0) is 49.9 Å². The fraction of sp³-hybridized carbons (Fsp3) is 0.429. The number of hydrogen-bond acceptors (Lipinski definition) is 4. The second-order valence-electron chi connectivity index (χ2n) is 7.25. The van der Waals surface area contributed by atoms with E-state index in [0.717, 1.165) is 25.9 Å². The molecule has 1 aliphatic heterocycles. The van der Waals surface area contributed by atoms with Crippen molar-refractivity contribution < 1.29 is 4.84 Å². The van der Waals surface area contributed by atoms with E-state index in [-0.39, 0.29) is 5.54 Å². The third-order valence-corrected chi connectivity index (χ3v) is 5.91. The molecule has 1 saturated heterocycles. The smallest absolute Gasteiger partial charge is 0.0935 e. The Balaban J connectivity index is 1.43. The second kappa shape index (κ2) is 8.37. The summed E-state index contributed by atoms with van der Waals surface area (Å²) in [6.07, 6.45) is 2.31. The van der Waals surface area contributed by atoms with Crippen LogP contribution in [0.2, 0.25) is 0 Å². The Morgan fingerprint density at radius 3 is 2.28 bits per heavy atom. The van der Waals surface area contributed by atoms with Gasteiger partial charge in [0.25, 0.3) is 0 Å². The highest BCUT2D eigenvalue weighted by molar-refractivity contribution is 8.00. The Morgan fingerprint density at radius 1 is 1.04 bits per heavy atom. The summed E-state index contributed by atoms with van der Waals surface area (Å²) in [7, 11) is 0. The van der Waals surface area contributed by atoms with Gasteiger partial charge in [-0.3, -0.25) is 4.84 Å². The first kappa shape index (κ1) is 18.5. The standard InChI is InChI=1S/C21H28N2OS/c1-21(2,22)18-8-10-19(11-9-18)25-20-12-14-23(15-13-20)24-16-17-6-4-3-5-7-17/h3-11,20H,12-16,22H2,1-2H3. The summed E-state index contributed by atoms with van der Waals surface area (Å²) in [4.78, 5) is 7.26. The summed E-state index contributed by atoms with van der Waals surface area (Å²) in [5.41, 5.74) is 8.28. The molecule has 0 amide bonds. The third kappa shape index (κ3) is 5.58. The predicted molar refractivity (Wildman–Crippen MR) is 105 cm³/mol. The number of nitrogens with zero attached hydrogens (tertiary/aromatic N) is 1. The molecule has 0 atom stereocenters. The van der Waals surface area contributed by atoms with Crippen molar-refractivity contribution >= 4 is 11.8 Å². The first-order valence-corrected chi connectivity index (χ1v) is 9.86. The molecule has 2 aromatic carbocycles. The van der Waals surface area contributed by atoms with Crippen molar-refractivity contribution in [2.24, 2.45) is 5.73 Å². The molecule has 0 saturated carbocycles. The van der Waals surface area contributed by atoms with Gasteiger partial charge in [-0.2, -0.15) is 5.06 Å². The van der Waals surface area contributed by atoms with Gasteiger partial charge in [0, 0.05) is 28.8 Å². The lowest BCUT2D eigenvalue weighted by Crippen LogP contribution is -2.34. The molecule has 25 heavy (non-hydrogen) atoms. The molecule has 0 aromatic heterocycles. The molecule has 3 nitrogen and oxygen atoms in total. The molecule has 2 N–H and O–H groups in total. The van der Waals surface area contributed by atoms with Crippen molar-refractivity contribution in [2.75, 3.05) is 13.1 Å². The van der Waals surface area contributed by atoms with Crippen molar-refractivity contribution in [3.63, 3.8) is 0 Å². The monoisotopic (exact) mass is 356 g/mol. The normalized spacial score (nSPS) is 16.9. The van der Waals surface area contributed by atoms with Crippen LogP contribution < -0.4 is 5.73 Å². The molecular formula is C21H28N2OS. The van der Waals surface area contributed by atoms with Gasteiger partial charge in [0.05, 0.1) is 6.61 Å². The molecule has 1 fully saturated rings. The van der Waals surface area contributed by atoms with Gasteiger partial charge in [0.15, 0.2) is 0 Å². The second-order valence-corrected chi connectivity index (χ2v) is 8.63. The average molecular weight is 357 g/mol. The molecule has 1 heterocycles. The van der Waals surface area contributed by atoms with E-state index in [4.69, 9.17) is 10.6 Å². The summed E-state index contributed by atoms with van der Waals surface area (Å²) < 4.78 is 0. The fourth-order valence-electron chi connectivity index (χ4n) is 2.97. The molecular weight excluding hydrogens is 328 g/mol. The first-order valence-electron chi connectivity index (χ1n) is 8.98. The van der Waals surface area contributed by atoms with Crippen LogP contribution in [0.1, 0.15) is 37.8 Å². The van der Waals surface area contributed by atoms with Gasteiger partial charge in [-0.1, -0.05) is 42.5 Å². The minimum atomic E-state index is -0.273.